The van der Waals surface area contributed by atoms with Gasteiger partial charge in [-0.1, -0.05) is 15.9 Å². The Labute approximate surface area is 135 Å². The summed E-state index contributed by atoms with van der Waals surface area (Å²) >= 11 is 4.76. The summed E-state index contributed by atoms with van der Waals surface area (Å²) in [7, 11) is 0. The summed E-state index contributed by atoms with van der Waals surface area (Å²) in [5, 5.41) is 2.47. The van der Waals surface area contributed by atoms with E-state index >= 15 is 0 Å². The molecule has 0 fully saturated rings. The van der Waals surface area contributed by atoms with Gasteiger partial charge in [-0.05, 0) is 39.0 Å². The van der Waals surface area contributed by atoms with Gasteiger partial charge in [0.25, 0.3) is 0 Å². The topological polar surface area (TPSA) is 39.2 Å². The van der Waals surface area contributed by atoms with Crippen LogP contribution in [-0.2, 0) is 14.9 Å². The third kappa shape index (κ3) is 3.32. The second-order valence-electron chi connectivity index (χ2n) is 5.01. The van der Waals surface area contributed by atoms with Crippen LogP contribution in [0.4, 0.5) is 4.39 Å². The minimum atomic E-state index is -0.829. The molecule has 112 valence electrons. The maximum atomic E-state index is 13.4. The summed E-state index contributed by atoms with van der Waals surface area (Å²) in [6.45, 7) is 5.63. The Hall–Kier alpha value is -1.27. The highest BCUT2D eigenvalue weighted by Gasteiger charge is 2.34. The van der Waals surface area contributed by atoms with Crippen molar-refractivity contribution in [2.45, 2.75) is 26.2 Å². The zero-order valence-corrected chi connectivity index (χ0v) is 14.3. The van der Waals surface area contributed by atoms with Gasteiger partial charge in [0.15, 0.2) is 0 Å². The molecule has 2 rings (SSSR count). The molecule has 0 aliphatic rings. The molecule has 0 radical (unpaired) electrons. The summed E-state index contributed by atoms with van der Waals surface area (Å²) < 4.78 is 19.2. The van der Waals surface area contributed by atoms with Gasteiger partial charge in [-0.15, -0.1) is 11.3 Å². The van der Waals surface area contributed by atoms with E-state index in [0.29, 0.717) is 22.9 Å². The summed E-state index contributed by atoms with van der Waals surface area (Å²) in [5.74, 6) is -0.644. The molecule has 0 amide bonds. The smallest absolute Gasteiger partial charge is 0.317 e. The largest absolute Gasteiger partial charge is 0.465 e. The monoisotopic (exact) mass is 371 g/mol. The van der Waals surface area contributed by atoms with E-state index in [1.54, 1.807) is 26.8 Å². The Morgan fingerprint density at radius 1 is 1.48 bits per heavy atom. The van der Waals surface area contributed by atoms with Crippen LogP contribution in [0.3, 0.4) is 0 Å². The standard InChI is InChI=1S/C15H15BrFNO2S/c1-4-20-14(19)15(2,3)12-8-21-13(18-12)10-7-9(17)5-6-11(10)16/h5-8H,4H2,1-3H3. The predicted molar refractivity (Wildman–Crippen MR) is 84.9 cm³/mol. The lowest BCUT2D eigenvalue weighted by atomic mass is 9.90. The van der Waals surface area contributed by atoms with Gasteiger partial charge >= 0.3 is 5.97 Å². The fourth-order valence-electron chi connectivity index (χ4n) is 1.76. The molecule has 0 spiro atoms. The second kappa shape index (κ2) is 6.23. The number of carbonyl (C=O) groups is 1. The molecule has 0 aliphatic carbocycles. The number of aromatic nitrogens is 1. The van der Waals surface area contributed by atoms with Crippen LogP contribution in [0.2, 0.25) is 0 Å². The molecule has 0 N–H and O–H groups in total. The zero-order valence-electron chi connectivity index (χ0n) is 11.9. The Morgan fingerprint density at radius 2 is 2.19 bits per heavy atom. The number of esters is 1. The first-order chi connectivity index (χ1) is 9.86. The van der Waals surface area contributed by atoms with E-state index in [-0.39, 0.29) is 11.8 Å². The van der Waals surface area contributed by atoms with E-state index in [1.807, 2.05) is 5.38 Å². The number of thiazole rings is 1. The van der Waals surface area contributed by atoms with Gasteiger partial charge in [0.2, 0.25) is 0 Å². The third-order valence-corrected chi connectivity index (χ3v) is 4.66. The van der Waals surface area contributed by atoms with Crippen LogP contribution in [0, 0.1) is 5.82 Å². The number of carbonyl (C=O) groups excluding carboxylic acids is 1. The molecule has 0 aliphatic heterocycles. The van der Waals surface area contributed by atoms with Gasteiger partial charge in [-0.2, -0.15) is 0 Å². The van der Waals surface area contributed by atoms with Crippen molar-refractivity contribution in [3.8, 4) is 10.6 Å². The van der Waals surface area contributed by atoms with Crippen molar-refractivity contribution in [2.75, 3.05) is 6.61 Å². The van der Waals surface area contributed by atoms with Gasteiger partial charge in [0.1, 0.15) is 16.2 Å². The number of hydrogen-bond acceptors (Lipinski definition) is 4. The van der Waals surface area contributed by atoms with Crippen LogP contribution in [-0.4, -0.2) is 17.6 Å². The van der Waals surface area contributed by atoms with Crippen LogP contribution < -0.4 is 0 Å². The fourth-order valence-corrected chi connectivity index (χ4v) is 3.35. The van der Waals surface area contributed by atoms with Crippen LogP contribution in [0.1, 0.15) is 26.5 Å². The lowest BCUT2D eigenvalue weighted by molar-refractivity contribution is -0.148. The van der Waals surface area contributed by atoms with Crippen LogP contribution >= 0.6 is 27.3 Å². The van der Waals surface area contributed by atoms with Crippen molar-refractivity contribution in [2.24, 2.45) is 0 Å². The summed E-state index contributed by atoms with van der Waals surface area (Å²) in [4.78, 5) is 16.5. The molecule has 1 aromatic heterocycles. The first-order valence-electron chi connectivity index (χ1n) is 6.45. The number of halogens is 2. The normalized spacial score (nSPS) is 11.5. The van der Waals surface area contributed by atoms with Gasteiger partial charge in [-0.3, -0.25) is 4.79 Å². The number of ether oxygens (including phenoxy) is 1. The van der Waals surface area contributed by atoms with Crippen molar-refractivity contribution in [3.05, 3.63) is 39.6 Å². The molecule has 0 saturated carbocycles. The summed E-state index contributed by atoms with van der Waals surface area (Å²) in [6.07, 6.45) is 0. The highest BCUT2D eigenvalue weighted by Crippen LogP contribution is 2.34. The Morgan fingerprint density at radius 3 is 2.86 bits per heavy atom. The molecule has 0 bridgehead atoms. The number of benzene rings is 1. The van der Waals surface area contributed by atoms with Gasteiger partial charge in [0, 0.05) is 15.4 Å². The van der Waals surface area contributed by atoms with E-state index in [2.05, 4.69) is 20.9 Å². The van der Waals surface area contributed by atoms with Crippen molar-refractivity contribution in [3.63, 3.8) is 0 Å². The van der Waals surface area contributed by atoms with Crippen LogP contribution in [0.5, 0.6) is 0 Å². The van der Waals surface area contributed by atoms with E-state index < -0.39 is 5.41 Å². The van der Waals surface area contributed by atoms with Crippen molar-refractivity contribution in [1.29, 1.82) is 0 Å². The maximum absolute atomic E-state index is 13.4. The Kier molecular flexibility index (Phi) is 4.78. The van der Waals surface area contributed by atoms with Crippen molar-refractivity contribution >= 4 is 33.2 Å². The van der Waals surface area contributed by atoms with Crippen LogP contribution in [0.25, 0.3) is 10.6 Å². The first-order valence-corrected chi connectivity index (χ1v) is 8.12. The van der Waals surface area contributed by atoms with E-state index in [4.69, 9.17) is 4.74 Å². The molecule has 2 aromatic rings. The quantitative estimate of drug-likeness (QED) is 0.739. The van der Waals surface area contributed by atoms with E-state index in [0.717, 1.165) is 4.47 Å². The fraction of sp³-hybridized carbons (Fsp3) is 0.333. The molecule has 21 heavy (non-hydrogen) atoms. The Bertz CT molecular complexity index is 669. The molecule has 1 heterocycles. The van der Waals surface area contributed by atoms with Gasteiger partial charge < -0.3 is 4.74 Å². The van der Waals surface area contributed by atoms with Crippen LogP contribution in [0.15, 0.2) is 28.1 Å². The average molecular weight is 372 g/mol. The minimum Gasteiger partial charge on any atom is -0.465 e. The predicted octanol–water partition coefficient (Wildman–Crippen LogP) is 4.55. The Balaban J connectivity index is 2.38. The second-order valence-corrected chi connectivity index (χ2v) is 6.72. The lowest BCUT2D eigenvalue weighted by Gasteiger charge is -2.19. The molecule has 0 saturated heterocycles. The third-order valence-electron chi connectivity index (χ3n) is 3.09. The zero-order chi connectivity index (χ0) is 15.6. The summed E-state index contributed by atoms with van der Waals surface area (Å²) in [5.41, 5.74) is 0.466. The van der Waals surface area contributed by atoms with E-state index in [1.165, 1.54) is 23.5 Å². The van der Waals surface area contributed by atoms with Crippen molar-refractivity contribution in [1.82, 2.24) is 4.98 Å². The highest BCUT2D eigenvalue weighted by atomic mass is 79.9. The minimum absolute atomic E-state index is 0.319. The summed E-state index contributed by atoms with van der Waals surface area (Å²) in [6, 6.07) is 4.44. The average Bonchev–Trinajstić information content (AvgIpc) is 2.92. The molecular weight excluding hydrogens is 357 g/mol. The lowest BCUT2D eigenvalue weighted by Crippen LogP contribution is -2.31. The SMILES string of the molecule is CCOC(=O)C(C)(C)c1csc(-c2cc(F)ccc2Br)n1. The molecule has 0 atom stereocenters. The number of nitrogens with zero attached hydrogens (tertiary/aromatic N) is 1. The van der Waals surface area contributed by atoms with Gasteiger partial charge in [0.05, 0.1) is 12.3 Å². The molecule has 1 aromatic carbocycles. The molecule has 3 nitrogen and oxygen atoms in total. The number of rotatable bonds is 4. The maximum Gasteiger partial charge on any atom is 0.317 e. The van der Waals surface area contributed by atoms with Crippen molar-refractivity contribution < 1.29 is 13.9 Å². The number of hydrogen-bond donors (Lipinski definition) is 0. The first kappa shape index (κ1) is 16.1. The van der Waals surface area contributed by atoms with Gasteiger partial charge in [-0.25, -0.2) is 9.37 Å². The molecular formula is C15H15BrFNO2S. The highest BCUT2D eigenvalue weighted by molar-refractivity contribution is 9.10. The molecule has 0 unspecified atom stereocenters. The molecule has 6 heteroatoms. The van der Waals surface area contributed by atoms with E-state index in [9.17, 15) is 9.18 Å².